The fraction of sp³-hybridized carbons (Fsp3) is 0.824. The van der Waals surface area contributed by atoms with Gasteiger partial charge in [0.05, 0.1) is 0 Å². The van der Waals surface area contributed by atoms with Crippen molar-refractivity contribution in [3.05, 3.63) is 11.5 Å². The Morgan fingerprint density at radius 3 is 1.77 bits per heavy atom. The van der Waals surface area contributed by atoms with Crippen LogP contribution in [0.1, 0.15) is 52.9 Å². The van der Waals surface area contributed by atoms with Crippen molar-refractivity contribution in [2.24, 2.45) is 0 Å². The summed E-state index contributed by atoms with van der Waals surface area (Å²) in [5.74, 6) is 0.699. The zero-order chi connectivity index (χ0) is 17.6. The van der Waals surface area contributed by atoms with Crippen LogP contribution in [0.2, 0.25) is 39.3 Å². The standard InChI is InChI=1S/C17H37NO2Si2/c1-10-11-12-13-14-17(20-16(3)19)15(2)18(21(4,5)6)22(7,8)9/h10-14H2,1-9H3/b17-15-. The predicted molar refractivity (Wildman–Crippen MR) is 102 cm³/mol. The smallest absolute Gasteiger partial charge is 0.307 e. The summed E-state index contributed by atoms with van der Waals surface area (Å²) >= 11 is 0. The van der Waals surface area contributed by atoms with Crippen LogP contribution in [-0.2, 0) is 9.53 Å². The van der Waals surface area contributed by atoms with E-state index in [9.17, 15) is 4.79 Å². The van der Waals surface area contributed by atoms with E-state index < -0.39 is 16.5 Å². The summed E-state index contributed by atoms with van der Waals surface area (Å²) in [5, 5.41) is 0. The third kappa shape index (κ3) is 7.63. The van der Waals surface area contributed by atoms with E-state index in [-0.39, 0.29) is 5.97 Å². The first kappa shape index (κ1) is 21.4. The van der Waals surface area contributed by atoms with Gasteiger partial charge >= 0.3 is 5.97 Å². The molecule has 0 heterocycles. The van der Waals surface area contributed by atoms with Crippen molar-refractivity contribution in [1.29, 1.82) is 0 Å². The lowest BCUT2D eigenvalue weighted by Crippen LogP contribution is -2.58. The van der Waals surface area contributed by atoms with E-state index in [4.69, 9.17) is 4.74 Å². The average Bonchev–Trinajstić information content (AvgIpc) is 2.28. The quantitative estimate of drug-likeness (QED) is 0.232. The van der Waals surface area contributed by atoms with E-state index >= 15 is 0 Å². The van der Waals surface area contributed by atoms with Gasteiger partial charge in [-0.3, -0.25) is 4.79 Å². The van der Waals surface area contributed by atoms with Crippen LogP contribution in [0.4, 0.5) is 0 Å². The maximum atomic E-state index is 11.5. The highest BCUT2D eigenvalue weighted by Gasteiger charge is 2.36. The fourth-order valence-corrected chi connectivity index (χ4v) is 13.6. The Morgan fingerprint density at radius 2 is 1.41 bits per heavy atom. The van der Waals surface area contributed by atoms with Gasteiger partial charge in [-0.1, -0.05) is 65.5 Å². The molecule has 0 aliphatic heterocycles. The third-order valence-electron chi connectivity index (χ3n) is 3.60. The van der Waals surface area contributed by atoms with Crippen LogP contribution in [-0.4, -0.2) is 26.7 Å². The van der Waals surface area contributed by atoms with Gasteiger partial charge in [-0.2, -0.15) is 0 Å². The van der Waals surface area contributed by atoms with Gasteiger partial charge in [-0.05, 0) is 13.3 Å². The second-order valence-electron chi connectivity index (χ2n) is 8.09. The Balaban J connectivity index is 5.47. The molecule has 0 radical (unpaired) electrons. The van der Waals surface area contributed by atoms with Crippen LogP contribution < -0.4 is 0 Å². The lowest BCUT2D eigenvalue weighted by molar-refractivity contribution is -0.137. The molecule has 0 unspecified atom stereocenters. The molecule has 0 amide bonds. The zero-order valence-corrected chi connectivity index (χ0v) is 18.3. The predicted octanol–water partition coefficient (Wildman–Crippen LogP) is 5.72. The van der Waals surface area contributed by atoms with E-state index in [1.165, 1.54) is 31.9 Å². The largest absolute Gasteiger partial charge is 0.429 e. The first-order valence-electron chi connectivity index (χ1n) is 8.59. The molecule has 5 heteroatoms. The monoisotopic (exact) mass is 343 g/mol. The second kappa shape index (κ2) is 8.92. The highest BCUT2D eigenvalue weighted by atomic mass is 28.4. The van der Waals surface area contributed by atoms with E-state index in [2.05, 4.69) is 57.4 Å². The average molecular weight is 344 g/mol. The van der Waals surface area contributed by atoms with Crippen molar-refractivity contribution in [3.8, 4) is 0 Å². The molecule has 0 aromatic heterocycles. The van der Waals surface area contributed by atoms with Gasteiger partial charge in [-0.25, -0.2) is 0 Å². The first-order chi connectivity index (χ1) is 9.91. The maximum Gasteiger partial charge on any atom is 0.307 e. The summed E-state index contributed by atoms with van der Waals surface area (Å²) in [6.07, 6.45) is 5.64. The number of rotatable bonds is 9. The molecule has 22 heavy (non-hydrogen) atoms. The minimum absolute atomic E-state index is 0.198. The first-order valence-corrected chi connectivity index (χ1v) is 15.5. The number of allylic oxidation sites excluding steroid dienone is 2. The topological polar surface area (TPSA) is 29.5 Å². The molecule has 0 saturated heterocycles. The highest BCUT2D eigenvalue weighted by molar-refractivity contribution is 6.90. The summed E-state index contributed by atoms with van der Waals surface area (Å²) in [4.78, 5) is 11.5. The Hall–Kier alpha value is -0.556. The van der Waals surface area contributed by atoms with Crippen molar-refractivity contribution < 1.29 is 9.53 Å². The van der Waals surface area contributed by atoms with Crippen molar-refractivity contribution >= 4 is 22.4 Å². The number of hydrogen-bond donors (Lipinski definition) is 0. The van der Waals surface area contributed by atoms with Gasteiger partial charge in [0.2, 0.25) is 0 Å². The van der Waals surface area contributed by atoms with Gasteiger partial charge in [0.25, 0.3) is 0 Å². The fourth-order valence-electron chi connectivity index (χ4n) is 3.33. The Kier molecular flexibility index (Phi) is 8.69. The number of esters is 1. The molecule has 0 spiro atoms. The van der Waals surface area contributed by atoms with Crippen LogP contribution in [0, 0.1) is 0 Å². The molecule has 0 rings (SSSR count). The van der Waals surface area contributed by atoms with Crippen LogP contribution >= 0.6 is 0 Å². The van der Waals surface area contributed by atoms with Crippen LogP contribution in [0.3, 0.4) is 0 Å². The molecule has 0 aliphatic rings. The minimum atomic E-state index is -1.51. The molecule has 0 saturated carbocycles. The summed E-state index contributed by atoms with van der Waals surface area (Å²) in [7, 11) is -3.01. The minimum Gasteiger partial charge on any atom is -0.429 e. The maximum absolute atomic E-state index is 11.5. The van der Waals surface area contributed by atoms with E-state index in [0.29, 0.717) is 0 Å². The SMILES string of the molecule is CCCCCC/C(OC(C)=O)=C(\C)N([Si](C)(C)C)[Si](C)(C)C. The molecule has 0 aliphatic carbocycles. The molecule has 0 aromatic carbocycles. The number of ether oxygens (including phenoxy) is 1. The van der Waals surface area contributed by atoms with Gasteiger partial charge < -0.3 is 8.97 Å². The molecular weight excluding hydrogens is 306 g/mol. The lowest BCUT2D eigenvalue weighted by atomic mass is 10.1. The van der Waals surface area contributed by atoms with E-state index in [1.807, 2.05) is 0 Å². The van der Waals surface area contributed by atoms with E-state index in [0.717, 1.165) is 18.6 Å². The number of nitrogens with zero attached hydrogens (tertiary/aromatic N) is 1. The highest BCUT2D eigenvalue weighted by Crippen LogP contribution is 2.29. The van der Waals surface area contributed by atoms with Crippen LogP contribution in [0.5, 0.6) is 0 Å². The third-order valence-corrected chi connectivity index (χ3v) is 11.0. The number of hydrogen-bond acceptors (Lipinski definition) is 3. The summed E-state index contributed by atoms with van der Waals surface area (Å²) in [6.45, 7) is 20.1. The number of unbranched alkanes of at least 4 members (excludes halogenated alkanes) is 3. The van der Waals surface area contributed by atoms with Gasteiger partial charge in [0.15, 0.2) is 0 Å². The van der Waals surface area contributed by atoms with Crippen molar-refractivity contribution in [2.75, 3.05) is 0 Å². The number of carbonyl (C=O) groups excluding carboxylic acids is 1. The van der Waals surface area contributed by atoms with Gasteiger partial charge in [0, 0.05) is 19.0 Å². The molecular formula is C17H37NO2Si2. The summed E-state index contributed by atoms with van der Waals surface area (Å²) in [6, 6.07) is 0. The summed E-state index contributed by atoms with van der Waals surface area (Å²) < 4.78 is 8.24. The normalized spacial score (nSPS) is 13.7. The van der Waals surface area contributed by atoms with Crippen molar-refractivity contribution in [1.82, 2.24) is 4.23 Å². The number of carbonyl (C=O) groups is 1. The second-order valence-corrected chi connectivity index (χ2v) is 18.1. The molecule has 0 aromatic rings. The van der Waals surface area contributed by atoms with Crippen molar-refractivity contribution in [2.45, 2.75) is 92.2 Å². The lowest BCUT2D eigenvalue weighted by Gasteiger charge is -2.47. The van der Waals surface area contributed by atoms with Gasteiger partial charge in [0.1, 0.15) is 22.2 Å². The van der Waals surface area contributed by atoms with Crippen LogP contribution in [0.15, 0.2) is 11.5 Å². The molecule has 3 nitrogen and oxygen atoms in total. The summed E-state index contributed by atoms with van der Waals surface area (Å²) in [5.41, 5.74) is 1.20. The van der Waals surface area contributed by atoms with E-state index in [1.54, 1.807) is 0 Å². The van der Waals surface area contributed by atoms with Gasteiger partial charge in [-0.15, -0.1) is 0 Å². The van der Waals surface area contributed by atoms with Crippen LogP contribution in [0.25, 0.3) is 0 Å². The van der Waals surface area contributed by atoms with Crippen molar-refractivity contribution in [3.63, 3.8) is 0 Å². The zero-order valence-electron chi connectivity index (χ0n) is 16.3. The Bertz CT molecular complexity index is 378. The molecule has 0 bridgehead atoms. The molecule has 0 fully saturated rings. The Labute approximate surface area is 140 Å². The molecule has 0 N–H and O–H groups in total. The molecule has 0 atom stereocenters. The Morgan fingerprint density at radius 1 is 0.909 bits per heavy atom. The molecule has 130 valence electrons.